The number of hydrogen-bond acceptors (Lipinski definition) is 7. The van der Waals surface area contributed by atoms with E-state index in [0.29, 0.717) is 33.7 Å². The first kappa shape index (κ1) is 16.3. The van der Waals surface area contributed by atoms with Crippen molar-refractivity contribution in [3.05, 3.63) is 51.0 Å². The van der Waals surface area contributed by atoms with Crippen molar-refractivity contribution < 1.29 is 14.1 Å². The summed E-state index contributed by atoms with van der Waals surface area (Å²) in [6.45, 7) is 2.10. The highest BCUT2D eigenvalue weighted by Gasteiger charge is 2.12. The summed E-state index contributed by atoms with van der Waals surface area (Å²) in [6.07, 6.45) is 0.141. The second-order valence-electron chi connectivity index (χ2n) is 4.96. The van der Waals surface area contributed by atoms with Gasteiger partial charge in [-0.3, -0.25) is 14.9 Å². The molecule has 0 saturated carbocycles. The van der Waals surface area contributed by atoms with Crippen LogP contribution in [0.5, 0.6) is 0 Å². The summed E-state index contributed by atoms with van der Waals surface area (Å²) in [6, 6.07) is 5.32. The molecule has 3 aromatic rings. The second kappa shape index (κ2) is 7.37. The van der Waals surface area contributed by atoms with E-state index in [9.17, 15) is 9.59 Å². The third kappa shape index (κ3) is 4.27. The van der Waals surface area contributed by atoms with Gasteiger partial charge in [0.05, 0.1) is 23.5 Å². The van der Waals surface area contributed by atoms with Crippen LogP contribution in [0.1, 0.15) is 26.8 Å². The van der Waals surface area contributed by atoms with E-state index in [-0.39, 0.29) is 18.2 Å². The van der Waals surface area contributed by atoms with Gasteiger partial charge < -0.3 is 9.84 Å². The Hall–Kier alpha value is -2.52. The zero-order valence-electron chi connectivity index (χ0n) is 12.7. The number of nitrogens with zero attached hydrogens (tertiary/aromatic N) is 2. The van der Waals surface area contributed by atoms with Crippen LogP contribution in [0.2, 0.25) is 0 Å². The molecule has 0 bridgehead atoms. The summed E-state index contributed by atoms with van der Waals surface area (Å²) in [5, 5.41) is 13.3. The lowest BCUT2D eigenvalue weighted by atomic mass is 10.3. The summed E-state index contributed by atoms with van der Waals surface area (Å²) in [5.74, 6) is 0.332. The van der Waals surface area contributed by atoms with Crippen molar-refractivity contribution >= 4 is 39.6 Å². The molecule has 0 aliphatic carbocycles. The Balaban J connectivity index is 1.50. The molecule has 2 N–H and O–H groups in total. The molecule has 3 rings (SSSR count). The van der Waals surface area contributed by atoms with Crippen molar-refractivity contribution in [2.45, 2.75) is 19.9 Å². The number of carbonyl (C=O) groups excluding carboxylic acids is 2. The van der Waals surface area contributed by atoms with Crippen LogP contribution < -0.4 is 10.6 Å². The van der Waals surface area contributed by atoms with Crippen LogP contribution in [0.25, 0.3) is 0 Å². The lowest BCUT2D eigenvalue weighted by Gasteiger charge is -2.01. The third-order valence-corrected chi connectivity index (χ3v) is 4.68. The third-order valence-electron chi connectivity index (χ3n) is 3.00. The van der Waals surface area contributed by atoms with E-state index in [4.69, 9.17) is 4.52 Å². The number of rotatable bonds is 6. The van der Waals surface area contributed by atoms with Gasteiger partial charge in [0.25, 0.3) is 5.91 Å². The molecule has 0 unspecified atom stereocenters. The van der Waals surface area contributed by atoms with E-state index in [2.05, 4.69) is 20.8 Å². The Morgan fingerprint density at radius 2 is 2.17 bits per heavy atom. The van der Waals surface area contributed by atoms with Gasteiger partial charge in [0, 0.05) is 11.4 Å². The predicted octanol–water partition coefficient (Wildman–Crippen LogP) is 2.61. The minimum Gasteiger partial charge on any atom is -0.361 e. The number of anilines is 1. The number of carbonyl (C=O) groups is 2. The maximum atomic E-state index is 11.9. The van der Waals surface area contributed by atoms with Gasteiger partial charge in [0.2, 0.25) is 5.91 Å². The lowest BCUT2D eigenvalue weighted by Crippen LogP contribution is -2.24. The van der Waals surface area contributed by atoms with Crippen molar-refractivity contribution in [1.82, 2.24) is 15.5 Å². The highest BCUT2D eigenvalue weighted by atomic mass is 32.1. The number of thiazole rings is 1. The maximum absolute atomic E-state index is 11.9. The summed E-state index contributed by atoms with van der Waals surface area (Å²) >= 11 is 2.65. The van der Waals surface area contributed by atoms with E-state index < -0.39 is 0 Å². The Labute approximate surface area is 145 Å². The number of nitrogens with one attached hydrogen (secondary N) is 2. The fourth-order valence-corrected chi connectivity index (χ4v) is 3.25. The molecule has 0 aliphatic rings. The van der Waals surface area contributed by atoms with Gasteiger partial charge in [-0.05, 0) is 18.4 Å². The molecule has 0 saturated heterocycles. The molecule has 0 fully saturated rings. The normalized spacial score (nSPS) is 10.5. The highest BCUT2D eigenvalue weighted by Crippen LogP contribution is 2.18. The Kier molecular flexibility index (Phi) is 5.02. The molecule has 9 heteroatoms. The largest absolute Gasteiger partial charge is 0.361 e. The van der Waals surface area contributed by atoms with Gasteiger partial charge in [-0.2, -0.15) is 0 Å². The van der Waals surface area contributed by atoms with Crippen LogP contribution in [0.4, 0.5) is 5.13 Å². The smallest absolute Gasteiger partial charge is 0.267 e. The van der Waals surface area contributed by atoms with E-state index in [0.717, 1.165) is 0 Å². The topological polar surface area (TPSA) is 97.1 Å². The minimum atomic E-state index is -0.197. The molecular formula is C15H14N4O3S2. The maximum Gasteiger partial charge on any atom is 0.267 e. The van der Waals surface area contributed by atoms with Gasteiger partial charge in [-0.1, -0.05) is 11.2 Å². The number of hydrogen-bond donors (Lipinski definition) is 2. The molecule has 0 aliphatic heterocycles. The first-order valence-electron chi connectivity index (χ1n) is 7.08. The fourth-order valence-electron chi connectivity index (χ4n) is 1.93. The Bertz CT molecular complexity index is 839. The fraction of sp³-hybridized carbons (Fsp3) is 0.200. The molecule has 2 amide bonds. The van der Waals surface area contributed by atoms with Crippen LogP contribution in [-0.4, -0.2) is 22.0 Å². The number of aryl methyl sites for hydroxylation is 1. The summed E-state index contributed by atoms with van der Waals surface area (Å²) < 4.78 is 4.93. The van der Waals surface area contributed by atoms with Gasteiger partial charge in [-0.25, -0.2) is 4.98 Å². The summed E-state index contributed by atoms with van der Waals surface area (Å²) in [7, 11) is 0. The van der Waals surface area contributed by atoms with E-state index in [1.165, 1.54) is 22.7 Å². The predicted molar refractivity (Wildman–Crippen MR) is 91.2 cm³/mol. The number of thiophene rings is 1. The Morgan fingerprint density at radius 1 is 1.29 bits per heavy atom. The molecule has 3 aromatic heterocycles. The van der Waals surface area contributed by atoms with Crippen LogP contribution in [0, 0.1) is 6.92 Å². The molecular weight excluding hydrogens is 348 g/mol. The molecule has 0 aromatic carbocycles. The van der Waals surface area contributed by atoms with Crippen molar-refractivity contribution in [2.75, 3.05) is 5.32 Å². The zero-order chi connectivity index (χ0) is 16.9. The van der Waals surface area contributed by atoms with E-state index in [1.54, 1.807) is 24.4 Å². The monoisotopic (exact) mass is 362 g/mol. The zero-order valence-corrected chi connectivity index (χ0v) is 14.4. The van der Waals surface area contributed by atoms with Crippen molar-refractivity contribution in [1.29, 1.82) is 0 Å². The van der Waals surface area contributed by atoms with Gasteiger partial charge in [0.1, 0.15) is 11.5 Å². The SMILES string of the molecule is Cc1cc(CNC(=O)Cc2csc(NC(=O)c3cccs3)n2)no1. The van der Waals surface area contributed by atoms with E-state index >= 15 is 0 Å². The van der Waals surface area contributed by atoms with Gasteiger partial charge in [-0.15, -0.1) is 22.7 Å². The van der Waals surface area contributed by atoms with E-state index in [1.807, 2.05) is 11.4 Å². The average molecular weight is 362 g/mol. The van der Waals surface area contributed by atoms with Gasteiger partial charge >= 0.3 is 0 Å². The quantitative estimate of drug-likeness (QED) is 0.702. The molecule has 3 heterocycles. The van der Waals surface area contributed by atoms with Gasteiger partial charge in [0.15, 0.2) is 5.13 Å². The lowest BCUT2D eigenvalue weighted by molar-refractivity contribution is -0.120. The molecule has 0 spiro atoms. The van der Waals surface area contributed by atoms with Crippen molar-refractivity contribution in [3.63, 3.8) is 0 Å². The second-order valence-corrected chi connectivity index (χ2v) is 6.76. The minimum absolute atomic E-state index is 0.141. The van der Waals surface area contributed by atoms with Crippen LogP contribution >= 0.6 is 22.7 Å². The molecule has 0 radical (unpaired) electrons. The average Bonchev–Trinajstić information content (AvgIpc) is 3.27. The molecule has 0 atom stereocenters. The first-order chi connectivity index (χ1) is 11.6. The standard InChI is InChI=1S/C15H14N4O3S2/c1-9-5-10(19-22-9)7-16-13(20)6-11-8-24-15(17-11)18-14(21)12-3-2-4-23-12/h2-5,8H,6-7H2,1H3,(H,16,20)(H,17,18,21). The molecule has 124 valence electrons. The highest BCUT2D eigenvalue weighted by molar-refractivity contribution is 7.14. The first-order valence-corrected chi connectivity index (χ1v) is 8.84. The summed E-state index contributed by atoms with van der Waals surface area (Å²) in [5.41, 5.74) is 1.28. The number of amides is 2. The van der Waals surface area contributed by atoms with Crippen LogP contribution in [0.3, 0.4) is 0 Å². The summed E-state index contributed by atoms with van der Waals surface area (Å²) in [4.78, 5) is 28.7. The number of aromatic nitrogens is 2. The molecule has 7 nitrogen and oxygen atoms in total. The van der Waals surface area contributed by atoms with Crippen molar-refractivity contribution in [3.8, 4) is 0 Å². The van der Waals surface area contributed by atoms with Crippen LogP contribution in [0.15, 0.2) is 33.5 Å². The Morgan fingerprint density at radius 3 is 2.88 bits per heavy atom. The van der Waals surface area contributed by atoms with Crippen LogP contribution in [-0.2, 0) is 17.8 Å². The molecule has 24 heavy (non-hydrogen) atoms. The van der Waals surface area contributed by atoms with Crippen molar-refractivity contribution in [2.24, 2.45) is 0 Å².